The van der Waals surface area contributed by atoms with Crippen LogP contribution < -0.4 is 5.32 Å². The molecule has 2 heterocycles. The Morgan fingerprint density at radius 2 is 1.75 bits per heavy atom. The molecule has 2 aromatic carbocycles. The lowest BCUT2D eigenvalue weighted by molar-refractivity contribution is -0.0817. The molecule has 4 rings (SSSR count). The van der Waals surface area contributed by atoms with E-state index in [1.165, 1.54) is 16.7 Å². The fourth-order valence-electron chi connectivity index (χ4n) is 4.19. The second-order valence-electron chi connectivity index (χ2n) is 8.11. The van der Waals surface area contributed by atoms with Gasteiger partial charge in [0.15, 0.2) is 5.96 Å². The van der Waals surface area contributed by atoms with Crippen molar-refractivity contribution in [3.63, 3.8) is 0 Å². The SMILES string of the molecule is CN=C(NCc1cccc(COCc2ccccc2)c1)N1CCOC(C2CCCO2)C1.I. The summed E-state index contributed by atoms with van der Waals surface area (Å²) in [7, 11) is 1.84. The van der Waals surface area contributed by atoms with E-state index < -0.39 is 0 Å². The van der Waals surface area contributed by atoms with Gasteiger partial charge in [-0.05, 0) is 29.5 Å². The van der Waals surface area contributed by atoms with Crippen molar-refractivity contribution in [3.8, 4) is 0 Å². The van der Waals surface area contributed by atoms with E-state index in [1.54, 1.807) is 0 Å². The van der Waals surface area contributed by atoms with Crippen LogP contribution in [-0.4, -0.2) is 56.4 Å². The summed E-state index contributed by atoms with van der Waals surface area (Å²) in [6.07, 6.45) is 2.56. The molecule has 0 saturated carbocycles. The highest BCUT2D eigenvalue weighted by molar-refractivity contribution is 14.0. The topological polar surface area (TPSA) is 55.3 Å². The van der Waals surface area contributed by atoms with E-state index >= 15 is 0 Å². The highest BCUT2D eigenvalue weighted by Crippen LogP contribution is 2.21. The van der Waals surface area contributed by atoms with Gasteiger partial charge in [-0.1, -0.05) is 54.6 Å². The molecule has 2 aliphatic heterocycles. The van der Waals surface area contributed by atoms with Crippen LogP contribution in [0.15, 0.2) is 59.6 Å². The van der Waals surface area contributed by atoms with Crippen LogP contribution in [0, 0.1) is 0 Å². The van der Waals surface area contributed by atoms with Gasteiger partial charge in [0.25, 0.3) is 0 Å². The summed E-state index contributed by atoms with van der Waals surface area (Å²) >= 11 is 0. The highest BCUT2D eigenvalue weighted by atomic mass is 127. The summed E-state index contributed by atoms with van der Waals surface area (Å²) in [6, 6.07) is 18.8. The Kier molecular flexibility index (Phi) is 10.2. The summed E-state index contributed by atoms with van der Waals surface area (Å²) < 4.78 is 17.7. The number of nitrogens with zero attached hydrogens (tertiary/aromatic N) is 2. The molecule has 0 bridgehead atoms. The van der Waals surface area contributed by atoms with Gasteiger partial charge in [-0.3, -0.25) is 4.99 Å². The molecular weight excluding hydrogens is 517 g/mol. The minimum Gasteiger partial charge on any atom is -0.375 e. The number of halogens is 1. The Bertz CT molecular complexity index is 843. The molecule has 0 aliphatic carbocycles. The van der Waals surface area contributed by atoms with E-state index in [9.17, 15) is 0 Å². The molecule has 1 N–H and O–H groups in total. The van der Waals surface area contributed by atoms with Gasteiger partial charge >= 0.3 is 0 Å². The lowest BCUT2D eigenvalue weighted by atomic mass is 10.1. The van der Waals surface area contributed by atoms with Gasteiger partial charge in [-0.25, -0.2) is 0 Å². The molecule has 7 heteroatoms. The maximum Gasteiger partial charge on any atom is 0.194 e. The zero-order valence-electron chi connectivity index (χ0n) is 18.7. The largest absolute Gasteiger partial charge is 0.375 e. The zero-order chi connectivity index (χ0) is 21.3. The molecule has 2 aliphatic rings. The van der Waals surface area contributed by atoms with Gasteiger partial charge in [0.2, 0.25) is 0 Å². The van der Waals surface area contributed by atoms with Crippen molar-refractivity contribution in [3.05, 3.63) is 71.3 Å². The van der Waals surface area contributed by atoms with Crippen LogP contribution in [-0.2, 0) is 34.0 Å². The van der Waals surface area contributed by atoms with E-state index in [0.717, 1.165) is 45.0 Å². The summed E-state index contributed by atoms with van der Waals surface area (Å²) in [4.78, 5) is 6.78. The quantitative estimate of drug-likeness (QED) is 0.321. The van der Waals surface area contributed by atoms with Crippen molar-refractivity contribution >= 4 is 29.9 Å². The van der Waals surface area contributed by atoms with Crippen LogP contribution in [0.1, 0.15) is 29.5 Å². The predicted octanol–water partition coefficient (Wildman–Crippen LogP) is 3.98. The maximum absolute atomic E-state index is 5.97. The highest BCUT2D eigenvalue weighted by Gasteiger charge is 2.32. The van der Waals surface area contributed by atoms with Gasteiger partial charge < -0.3 is 24.4 Å². The predicted molar refractivity (Wildman–Crippen MR) is 137 cm³/mol. The Balaban J connectivity index is 0.00000289. The standard InChI is InChI=1S/C25H33N3O3.HI/c1-26-25(28-12-14-31-24(17-28)23-11-6-13-30-23)27-16-21-9-5-10-22(15-21)19-29-18-20-7-3-2-4-8-20;/h2-5,7-10,15,23-24H,6,11-14,16-19H2,1H3,(H,26,27);1H. The lowest BCUT2D eigenvalue weighted by Gasteiger charge is -2.37. The number of morpholine rings is 1. The van der Waals surface area contributed by atoms with Crippen molar-refractivity contribution < 1.29 is 14.2 Å². The molecule has 2 aromatic rings. The third-order valence-corrected chi connectivity index (χ3v) is 5.81. The normalized spacial score (nSPS) is 21.3. The summed E-state index contributed by atoms with van der Waals surface area (Å²) in [5.41, 5.74) is 3.58. The third-order valence-electron chi connectivity index (χ3n) is 5.81. The smallest absolute Gasteiger partial charge is 0.194 e. The summed E-state index contributed by atoms with van der Waals surface area (Å²) in [5, 5.41) is 3.51. The van der Waals surface area contributed by atoms with Crippen LogP contribution in [0.2, 0.25) is 0 Å². The molecule has 2 saturated heterocycles. The maximum atomic E-state index is 5.97. The van der Waals surface area contributed by atoms with Crippen molar-refractivity contribution in [1.82, 2.24) is 10.2 Å². The number of nitrogens with one attached hydrogen (secondary N) is 1. The van der Waals surface area contributed by atoms with Crippen LogP contribution in [0.4, 0.5) is 0 Å². The first-order chi connectivity index (χ1) is 15.3. The molecule has 0 radical (unpaired) electrons. The summed E-state index contributed by atoms with van der Waals surface area (Å²) in [6.45, 7) is 5.17. The van der Waals surface area contributed by atoms with E-state index in [4.69, 9.17) is 14.2 Å². The molecule has 2 atom stereocenters. The molecular formula is C25H34IN3O3. The first-order valence-electron chi connectivity index (χ1n) is 11.2. The fourth-order valence-corrected chi connectivity index (χ4v) is 4.19. The number of hydrogen-bond donors (Lipinski definition) is 1. The second kappa shape index (κ2) is 13.1. The molecule has 2 fully saturated rings. The second-order valence-corrected chi connectivity index (χ2v) is 8.11. The zero-order valence-corrected chi connectivity index (χ0v) is 21.1. The number of guanidine groups is 1. The van der Waals surface area contributed by atoms with E-state index in [2.05, 4.69) is 51.6 Å². The Morgan fingerprint density at radius 1 is 1.00 bits per heavy atom. The van der Waals surface area contributed by atoms with Gasteiger partial charge in [-0.2, -0.15) is 0 Å². The van der Waals surface area contributed by atoms with Gasteiger partial charge in [0.1, 0.15) is 6.10 Å². The first kappa shape index (κ1) is 25.0. The van der Waals surface area contributed by atoms with Gasteiger partial charge in [0.05, 0.1) is 25.9 Å². The average molecular weight is 551 g/mol. The number of benzene rings is 2. The van der Waals surface area contributed by atoms with Crippen molar-refractivity contribution in [1.29, 1.82) is 0 Å². The number of hydrogen-bond acceptors (Lipinski definition) is 4. The Labute approximate surface area is 208 Å². The van der Waals surface area contributed by atoms with Crippen molar-refractivity contribution in [2.75, 3.05) is 33.4 Å². The minimum atomic E-state index is 0. The Morgan fingerprint density at radius 3 is 2.53 bits per heavy atom. The van der Waals surface area contributed by atoms with E-state index in [1.807, 2.05) is 25.2 Å². The molecule has 32 heavy (non-hydrogen) atoms. The van der Waals surface area contributed by atoms with Crippen LogP contribution >= 0.6 is 24.0 Å². The third kappa shape index (κ3) is 7.16. The van der Waals surface area contributed by atoms with Crippen molar-refractivity contribution in [2.45, 2.75) is 44.8 Å². The van der Waals surface area contributed by atoms with Gasteiger partial charge in [-0.15, -0.1) is 24.0 Å². The average Bonchev–Trinajstić information content (AvgIpc) is 3.36. The van der Waals surface area contributed by atoms with Crippen molar-refractivity contribution in [2.24, 2.45) is 4.99 Å². The molecule has 0 aromatic heterocycles. The Hall–Kier alpha value is -1.68. The van der Waals surface area contributed by atoms with Crippen LogP contribution in [0.25, 0.3) is 0 Å². The monoisotopic (exact) mass is 551 g/mol. The number of aliphatic imine (C=N–C) groups is 1. The number of ether oxygens (including phenoxy) is 3. The molecule has 0 spiro atoms. The van der Waals surface area contributed by atoms with E-state index in [0.29, 0.717) is 19.8 Å². The first-order valence-corrected chi connectivity index (χ1v) is 11.2. The van der Waals surface area contributed by atoms with Crippen LogP contribution in [0.3, 0.4) is 0 Å². The van der Waals surface area contributed by atoms with Gasteiger partial charge in [0, 0.05) is 33.3 Å². The molecule has 0 amide bonds. The summed E-state index contributed by atoms with van der Waals surface area (Å²) in [5.74, 6) is 0.914. The molecule has 6 nitrogen and oxygen atoms in total. The minimum absolute atomic E-state index is 0. The molecule has 174 valence electrons. The molecule has 2 unspecified atom stereocenters. The number of rotatable bonds is 7. The lowest BCUT2D eigenvalue weighted by Crippen LogP contribution is -2.53. The van der Waals surface area contributed by atoms with Crippen LogP contribution in [0.5, 0.6) is 0 Å². The van der Waals surface area contributed by atoms with E-state index in [-0.39, 0.29) is 36.2 Å². The fraction of sp³-hybridized carbons (Fsp3) is 0.480.